The number of pyridine rings is 1. The number of aromatic nitrogens is 2. The standard InChI is InChI=1S/C32H36ClN5O3/c1-22-25(15-18-39)31-26(33)11-8-12-28(31)38(22)21-30(40)35-27(19-23-9-4-3-5-10-23)32(41)36(2)24-13-14-29(34-20-24)37-16-6-7-17-37/h3-5,8-14,20,27,39H,6-7,15-19,21H2,1-2H3,(H,35,40)/t27-/m0/s1. The number of fused-ring (bicyclic) bond motifs is 1. The second-order valence-electron chi connectivity index (χ2n) is 10.5. The first-order valence-electron chi connectivity index (χ1n) is 14.1. The summed E-state index contributed by atoms with van der Waals surface area (Å²) in [4.78, 5) is 35.7. The molecule has 2 N–H and O–H groups in total. The highest BCUT2D eigenvalue weighted by atomic mass is 35.5. The lowest BCUT2D eigenvalue weighted by molar-refractivity contribution is -0.127. The highest BCUT2D eigenvalue weighted by Gasteiger charge is 2.27. The van der Waals surface area contributed by atoms with E-state index in [1.165, 1.54) is 0 Å². The Morgan fingerprint density at radius 3 is 2.51 bits per heavy atom. The first kappa shape index (κ1) is 28.6. The van der Waals surface area contributed by atoms with Crippen LogP contribution in [-0.4, -0.2) is 59.3 Å². The van der Waals surface area contributed by atoms with Gasteiger partial charge in [0.05, 0.1) is 22.4 Å². The number of hydrogen-bond acceptors (Lipinski definition) is 5. The maximum absolute atomic E-state index is 13.8. The smallest absolute Gasteiger partial charge is 0.249 e. The summed E-state index contributed by atoms with van der Waals surface area (Å²) in [5, 5.41) is 14.1. The van der Waals surface area contributed by atoms with Gasteiger partial charge in [0.1, 0.15) is 18.4 Å². The molecule has 5 rings (SSSR count). The van der Waals surface area contributed by atoms with E-state index in [1.54, 1.807) is 18.1 Å². The van der Waals surface area contributed by atoms with E-state index in [1.807, 2.05) is 72.2 Å². The Kier molecular flexibility index (Phi) is 8.90. The van der Waals surface area contributed by atoms with Crippen molar-refractivity contribution in [2.45, 2.75) is 45.2 Å². The fourth-order valence-corrected chi connectivity index (χ4v) is 5.97. The summed E-state index contributed by atoms with van der Waals surface area (Å²) in [6, 6.07) is 18.3. The fraction of sp³-hybridized carbons (Fsp3) is 0.344. The molecule has 0 unspecified atom stereocenters. The molecule has 1 fully saturated rings. The number of carbonyl (C=O) groups is 2. The number of likely N-dealkylation sites (N-methyl/N-ethyl adjacent to an activating group) is 1. The Hall–Kier alpha value is -3.88. The van der Waals surface area contributed by atoms with E-state index in [0.29, 0.717) is 23.6 Å². The van der Waals surface area contributed by atoms with Crippen LogP contribution in [0, 0.1) is 6.92 Å². The minimum atomic E-state index is -0.782. The van der Waals surface area contributed by atoms with Crippen LogP contribution in [0.15, 0.2) is 66.9 Å². The average Bonchev–Trinajstić information content (AvgIpc) is 3.61. The van der Waals surface area contributed by atoms with Crippen LogP contribution in [0.25, 0.3) is 10.9 Å². The van der Waals surface area contributed by atoms with Gasteiger partial charge in [-0.2, -0.15) is 0 Å². The van der Waals surface area contributed by atoms with E-state index < -0.39 is 6.04 Å². The molecule has 1 aliphatic rings. The molecule has 0 saturated carbocycles. The zero-order valence-corrected chi connectivity index (χ0v) is 24.3. The summed E-state index contributed by atoms with van der Waals surface area (Å²) < 4.78 is 1.90. The van der Waals surface area contributed by atoms with Crippen molar-refractivity contribution in [3.05, 3.63) is 88.7 Å². The normalized spacial score (nSPS) is 13.9. The van der Waals surface area contributed by atoms with Gasteiger partial charge in [0.15, 0.2) is 0 Å². The van der Waals surface area contributed by atoms with E-state index in [4.69, 9.17) is 11.6 Å². The van der Waals surface area contributed by atoms with Crippen molar-refractivity contribution < 1.29 is 14.7 Å². The van der Waals surface area contributed by atoms with Crippen LogP contribution in [0.3, 0.4) is 0 Å². The second-order valence-corrected chi connectivity index (χ2v) is 10.9. The Balaban J connectivity index is 1.38. The third kappa shape index (κ3) is 6.24. The van der Waals surface area contributed by atoms with E-state index in [-0.39, 0.29) is 25.0 Å². The van der Waals surface area contributed by atoms with Crippen LogP contribution in [0.4, 0.5) is 11.5 Å². The summed E-state index contributed by atoms with van der Waals surface area (Å²) >= 11 is 6.52. The number of hydrogen-bond donors (Lipinski definition) is 2. The van der Waals surface area contributed by atoms with Gasteiger partial charge in [0.2, 0.25) is 11.8 Å². The molecule has 0 bridgehead atoms. The molecule has 2 aromatic carbocycles. The maximum atomic E-state index is 13.8. The molecule has 214 valence electrons. The average molecular weight is 574 g/mol. The van der Waals surface area contributed by atoms with E-state index >= 15 is 0 Å². The van der Waals surface area contributed by atoms with Crippen molar-refractivity contribution in [2.24, 2.45) is 0 Å². The highest BCUT2D eigenvalue weighted by Crippen LogP contribution is 2.32. The van der Waals surface area contributed by atoms with Gasteiger partial charge in [0, 0.05) is 44.2 Å². The van der Waals surface area contributed by atoms with Crippen LogP contribution in [0.5, 0.6) is 0 Å². The van der Waals surface area contributed by atoms with Crippen LogP contribution >= 0.6 is 11.6 Å². The van der Waals surface area contributed by atoms with Gasteiger partial charge in [-0.1, -0.05) is 48.0 Å². The van der Waals surface area contributed by atoms with E-state index in [2.05, 4.69) is 15.2 Å². The molecular formula is C32H36ClN5O3. The molecule has 1 aliphatic heterocycles. The first-order chi connectivity index (χ1) is 19.9. The fourth-order valence-electron chi connectivity index (χ4n) is 5.69. The van der Waals surface area contributed by atoms with Crippen LogP contribution in [0.1, 0.15) is 29.7 Å². The predicted molar refractivity (Wildman–Crippen MR) is 164 cm³/mol. The largest absolute Gasteiger partial charge is 0.396 e. The van der Waals surface area contributed by atoms with Gasteiger partial charge in [0.25, 0.3) is 0 Å². The topological polar surface area (TPSA) is 90.7 Å². The number of carbonyl (C=O) groups excluding carboxylic acids is 2. The minimum Gasteiger partial charge on any atom is -0.396 e. The number of anilines is 2. The molecular weight excluding hydrogens is 538 g/mol. The Bertz CT molecular complexity index is 1510. The molecule has 0 radical (unpaired) electrons. The SMILES string of the molecule is Cc1c(CCO)c2c(Cl)cccc2n1CC(=O)N[C@@H](Cc1ccccc1)C(=O)N(C)c1ccc(N2CCCC2)nc1. The third-order valence-electron chi connectivity index (χ3n) is 7.89. The number of nitrogens with one attached hydrogen (secondary N) is 1. The molecule has 2 amide bonds. The summed E-state index contributed by atoms with van der Waals surface area (Å²) in [6.45, 7) is 3.91. The van der Waals surface area contributed by atoms with Crippen LogP contribution in [-0.2, 0) is 29.0 Å². The van der Waals surface area contributed by atoms with E-state index in [0.717, 1.165) is 59.5 Å². The van der Waals surface area contributed by atoms with Gasteiger partial charge < -0.3 is 24.8 Å². The number of aliphatic hydroxyl groups is 1. The van der Waals surface area contributed by atoms with Crippen molar-refractivity contribution in [1.82, 2.24) is 14.9 Å². The quantitative estimate of drug-likeness (QED) is 0.291. The third-order valence-corrected chi connectivity index (χ3v) is 8.20. The predicted octanol–water partition coefficient (Wildman–Crippen LogP) is 4.52. The second kappa shape index (κ2) is 12.7. The maximum Gasteiger partial charge on any atom is 0.249 e. The number of amides is 2. The van der Waals surface area contributed by atoms with Gasteiger partial charge in [-0.25, -0.2) is 4.98 Å². The molecule has 1 saturated heterocycles. The molecule has 41 heavy (non-hydrogen) atoms. The molecule has 3 heterocycles. The van der Waals surface area contributed by atoms with E-state index in [9.17, 15) is 14.7 Å². The first-order valence-corrected chi connectivity index (χ1v) is 14.4. The molecule has 9 heteroatoms. The highest BCUT2D eigenvalue weighted by molar-refractivity contribution is 6.35. The van der Waals surface area contributed by atoms with Gasteiger partial charge in [-0.3, -0.25) is 9.59 Å². The Morgan fingerprint density at radius 2 is 1.83 bits per heavy atom. The van der Waals surface area contributed by atoms with Gasteiger partial charge >= 0.3 is 0 Å². The van der Waals surface area contributed by atoms with Crippen molar-refractivity contribution in [1.29, 1.82) is 0 Å². The lowest BCUT2D eigenvalue weighted by Crippen LogP contribution is -2.49. The van der Waals surface area contributed by atoms with Crippen LogP contribution < -0.4 is 15.1 Å². The monoisotopic (exact) mass is 573 g/mol. The molecule has 8 nitrogen and oxygen atoms in total. The number of nitrogens with zero attached hydrogens (tertiary/aromatic N) is 4. The number of halogens is 1. The molecule has 1 atom stereocenters. The summed E-state index contributed by atoms with van der Waals surface area (Å²) in [5.74, 6) is 0.401. The van der Waals surface area contributed by atoms with Crippen molar-refractivity contribution in [3.63, 3.8) is 0 Å². The molecule has 4 aromatic rings. The van der Waals surface area contributed by atoms with Gasteiger partial charge in [-0.05, 0) is 61.6 Å². The molecule has 2 aromatic heterocycles. The van der Waals surface area contributed by atoms with Crippen molar-refractivity contribution >= 4 is 45.8 Å². The number of aliphatic hydroxyl groups excluding tert-OH is 1. The summed E-state index contributed by atoms with van der Waals surface area (Å²) in [6.07, 6.45) is 4.83. The number of rotatable bonds is 10. The molecule has 0 spiro atoms. The Labute approximate surface area is 245 Å². The lowest BCUT2D eigenvalue weighted by Gasteiger charge is -2.25. The minimum absolute atomic E-state index is 0.0163. The zero-order valence-electron chi connectivity index (χ0n) is 23.5. The Morgan fingerprint density at radius 1 is 1.07 bits per heavy atom. The van der Waals surface area contributed by atoms with Crippen molar-refractivity contribution in [3.8, 4) is 0 Å². The van der Waals surface area contributed by atoms with Crippen molar-refractivity contribution in [2.75, 3.05) is 36.5 Å². The van der Waals surface area contributed by atoms with Crippen LogP contribution in [0.2, 0.25) is 5.02 Å². The number of benzene rings is 2. The zero-order chi connectivity index (χ0) is 28.9. The lowest BCUT2D eigenvalue weighted by atomic mass is 10.0. The van der Waals surface area contributed by atoms with Gasteiger partial charge in [-0.15, -0.1) is 0 Å². The molecule has 0 aliphatic carbocycles. The summed E-state index contributed by atoms with van der Waals surface area (Å²) in [5.41, 5.74) is 4.22. The summed E-state index contributed by atoms with van der Waals surface area (Å²) in [7, 11) is 1.71.